The maximum Gasteiger partial charge on any atom is 0.253 e. The number of hydrogen-bond donors (Lipinski definition) is 5. The standard InChI is InChI=1S/C28H31N9O3/c38-17-23(18-4-2-1-3-5-18)33-25-22(27-36-35-24(40-27)16-37-12-10-29-11-13-37)15-31-28(34-25)32-20-6-7-21-19(14-20)8-9-30-26(21)39/h1-7,14-15,23,29,38H,8-13,16-17H2,(H,30,39)(H2,31,32,33,34)/t23-/m1/s1. The number of benzene rings is 2. The Kier molecular flexibility index (Phi) is 7.62. The van der Waals surface area contributed by atoms with Crippen molar-refractivity contribution >= 4 is 23.4 Å². The molecule has 1 saturated heterocycles. The second-order valence-corrected chi connectivity index (χ2v) is 9.78. The number of carbonyl (C=O) groups excluding carboxylic acids is 1. The van der Waals surface area contributed by atoms with Gasteiger partial charge in [0, 0.05) is 50.2 Å². The summed E-state index contributed by atoms with van der Waals surface area (Å²) in [6.45, 7) is 4.71. The fourth-order valence-electron chi connectivity index (χ4n) is 4.92. The summed E-state index contributed by atoms with van der Waals surface area (Å²) in [7, 11) is 0. The third-order valence-corrected chi connectivity index (χ3v) is 7.04. The number of rotatable bonds is 9. The van der Waals surface area contributed by atoms with E-state index >= 15 is 0 Å². The minimum absolute atomic E-state index is 0.0632. The van der Waals surface area contributed by atoms with Crippen LogP contribution in [-0.2, 0) is 13.0 Å². The molecule has 12 nitrogen and oxygen atoms in total. The number of piperazine rings is 1. The summed E-state index contributed by atoms with van der Waals surface area (Å²) in [5.41, 5.74) is 3.85. The van der Waals surface area contributed by atoms with Crippen molar-refractivity contribution in [3.63, 3.8) is 0 Å². The Balaban J connectivity index is 1.29. The first-order valence-electron chi connectivity index (χ1n) is 13.4. The lowest BCUT2D eigenvalue weighted by Crippen LogP contribution is -2.42. The van der Waals surface area contributed by atoms with Crippen molar-refractivity contribution in [1.29, 1.82) is 0 Å². The van der Waals surface area contributed by atoms with E-state index in [1.807, 2.05) is 42.5 Å². The highest BCUT2D eigenvalue weighted by molar-refractivity contribution is 5.97. The van der Waals surface area contributed by atoms with Crippen LogP contribution in [0, 0.1) is 0 Å². The molecule has 4 aromatic rings. The fourth-order valence-corrected chi connectivity index (χ4v) is 4.92. The highest BCUT2D eigenvalue weighted by Gasteiger charge is 2.22. The highest BCUT2D eigenvalue weighted by atomic mass is 16.4. The molecule has 40 heavy (non-hydrogen) atoms. The normalized spacial score (nSPS) is 16.2. The van der Waals surface area contributed by atoms with Crippen molar-refractivity contribution in [3.05, 3.63) is 77.3 Å². The van der Waals surface area contributed by atoms with Crippen molar-refractivity contribution in [3.8, 4) is 11.5 Å². The number of nitrogens with zero attached hydrogens (tertiary/aromatic N) is 5. The van der Waals surface area contributed by atoms with Crippen LogP contribution < -0.4 is 21.3 Å². The van der Waals surface area contributed by atoms with Gasteiger partial charge in [0.05, 0.1) is 24.8 Å². The minimum atomic E-state index is -0.423. The topological polar surface area (TPSA) is 153 Å². The summed E-state index contributed by atoms with van der Waals surface area (Å²) >= 11 is 0. The lowest BCUT2D eigenvalue weighted by molar-refractivity contribution is 0.0946. The number of amides is 1. The van der Waals surface area contributed by atoms with Gasteiger partial charge in [-0.05, 0) is 35.7 Å². The zero-order chi connectivity index (χ0) is 27.3. The van der Waals surface area contributed by atoms with E-state index < -0.39 is 6.04 Å². The van der Waals surface area contributed by atoms with Gasteiger partial charge in [0.2, 0.25) is 11.8 Å². The third kappa shape index (κ3) is 5.78. The van der Waals surface area contributed by atoms with Gasteiger partial charge in [-0.15, -0.1) is 10.2 Å². The van der Waals surface area contributed by atoms with E-state index in [1.54, 1.807) is 12.3 Å². The number of fused-ring (bicyclic) bond motifs is 1. The Morgan fingerprint density at radius 3 is 2.73 bits per heavy atom. The Labute approximate surface area is 231 Å². The number of anilines is 3. The molecule has 5 N–H and O–H groups in total. The molecule has 206 valence electrons. The molecule has 0 spiro atoms. The predicted octanol–water partition coefficient (Wildman–Crippen LogP) is 2.11. The summed E-state index contributed by atoms with van der Waals surface area (Å²) in [5.74, 6) is 1.53. The third-order valence-electron chi connectivity index (χ3n) is 7.04. The zero-order valence-corrected chi connectivity index (χ0v) is 21.9. The van der Waals surface area contributed by atoms with Crippen LogP contribution in [-0.4, -0.2) is 75.4 Å². The van der Waals surface area contributed by atoms with Gasteiger partial charge >= 0.3 is 0 Å². The molecule has 4 heterocycles. The molecule has 2 aromatic carbocycles. The molecule has 6 rings (SSSR count). The quantitative estimate of drug-likeness (QED) is 0.212. The Morgan fingerprint density at radius 1 is 1.05 bits per heavy atom. The number of nitrogens with one attached hydrogen (secondary N) is 4. The van der Waals surface area contributed by atoms with Gasteiger partial charge in [-0.2, -0.15) is 4.98 Å². The van der Waals surface area contributed by atoms with Gasteiger partial charge in [0.1, 0.15) is 5.82 Å². The predicted molar refractivity (Wildman–Crippen MR) is 149 cm³/mol. The largest absolute Gasteiger partial charge is 0.419 e. The summed E-state index contributed by atoms with van der Waals surface area (Å²) in [5, 5.41) is 31.5. The van der Waals surface area contributed by atoms with Crippen molar-refractivity contribution in [2.45, 2.75) is 19.0 Å². The van der Waals surface area contributed by atoms with Crippen molar-refractivity contribution in [2.75, 3.05) is 50.0 Å². The number of aliphatic hydroxyl groups excluding tert-OH is 1. The van der Waals surface area contributed by atoms with Crippen LogP contribution >= 0.6 is 0 Å². The number of aliphatic hydroxyl groups is 1. The highest BCUT2D eigenvalue weighted by Crippen LogP contribution is 2.30. The van der Waals surface area contributed by atoms with Crippen LogP contribution in [0.3, 0.4) is 0 Å². The van der Waals surface area contributed by atoms with Crippen molar-refractivity contribution in [1.82, 2.24) is 35.7 Å². The molecule has 1 fully saturated rings. The van der Waals surface area contributed by atoms with Gasteiger partial charge in [-0.25, -0.2) is 4.98 Å². The molecule has 12 heteroatoms. The van der Waals surface area contributed by atoms with Gasteiger partial charge in [0.15, 0.2) is 0 Å². The molecule has 2 aliphatic heterocycles. The smallest absolute Gasteiger partial charge is 0.253 e. The molecular formula is C28H31N9O3. The first kappa shape index (κ1) is 25.9. The molecule has 1 atom stereocenters. The summed E-state index contributed by atoms with van der Waals surface area (Å²) in [6, 6.07) is 14.8. The van der Waals surface area contributed by atoms with Crippen LogP contribution in [0.5, 0.6) is 0 Å². The molecule has 0 saturated carbocycles. The molecule has 2 aromatic heterocycles. The molecule has 0 radical (unpaired) electrons. The summed E-state index contributed by atoms with van der Waals surface area (Å²) in [4.78, 5) is 23.6. The maximum atomic E-state index is 12.1. The van der Waals surface area contributed by atoms with Crippen LogP contribution in [0.4, 0.5) is 17.5 Å². The molecule has 0 aliphatic carbocycles. The Bertz CT molecular complexity index is 1470. The zero-order valence-electron chi connectivity index (χ0n) is 21.9. The summed E-state index contributed by atoms with van der Waals surface area (Å²) in [6.07, 6.45) is 2.39. The number of hydrogen-bond acceptors (Lipinski definition) is 11. The lowest BCUT2D eigenvalue weighted by atomic mass is 10.00. The molecule has 1 amide bonds. The SMILES string of the molecule is O=C1NCCc2cc(Nc3ncc(-c4nnc(CN5CCNCC5)o4)c(N[C@H](CO)c4ccccc4)n3)ccc21. The van der Waals surface area contributed by atoms with E-state index in [2.05, 4.69) is 41.3 Å². The van der Waals surface area contributed by atoms with Gasteiger partial charge < -0.3 is 30.8 Å². The molecule has 0 unspecified atom stereocenters. The monoisotopic (exact) mass is 541 g/mol. The van der Waals surface area contributed by atoms with E-state index in [9.17, 15) is 9.90 Å². The van der Waals surface area contributed by atoms with Crippen molar-refractivity contribution in [2.24, 2.45) is 0 Å². The average Bonchev–Trinajstić information content (AvgIpc) is 3.45. The second-order valence-electron chi connectivity index (χ2n) is 9.78. The fraction of sp³-hybridized carbons (Fsp3) is 0.321. The Morgan fingerprint density at radius 2 is 1.90 bits per heavy atom. The van der Waals surface area contributed by atoms with Crippen molar-refractivity contribution < 1.29 is 14.3 Å². The van der Waals surface area contributed by atoms with E-state index in [1.165, 1.54) is 0 Å². The van der Waals surface area contributed by atoms with E-state index in [0.29, 0.717) is 47.8 Å². The van der Waals surface area contributed by atoms with Crippen LogP contribution in [0.1, 0.15) is 33.4 Å². The van der Waals surface area contributed by atoms with E-state index in [4.69, 9.17) is 9.40 Å². The number of aromatic nitrogens is 4. The molecule has 2 aliphatic rings. The van der Waals surface area contributed by atoms with Gasteiger partial charge in [-0.3, -0.25) is 9.69 Å². The lowest BCUT2D eigenvalue weighted by Gasteiger charge is -2.25. The maximum absolute atomic E-state index is 12.1. The van der Waals surface area contributed by atoms with Crippen LogP contribution in [0.2, 0.25) is 0 Å². The second kappa shape index (κ2) is 11.8. The first-order chi connectivity index (χ1) is 19.7. The first-order valence-corrected chi connectivity index (χ1v) is 13.4. The molecule has 0 bridgehead atoms. The van der Waals surface area contributed by atoms with Gasteiger partial charge in [-0.1, -0.05) is 30.3 Å². The number of carbonyl (C=O) groups is 1. The van der Waals surface area contributed by atoms with Crippen LogP contribution in [0.15, 0.2) is 59.1 Å². The minimum Gasteiger partial charge on any atom is -0.419 e. The van der Waals surface area contributed by atoms with Crippen LogP contribution in [0.25, 0.3) is 11.5 Å². The summed E-state index contributed by atoms with van der Waals surface area (Å²) < 4.78 is 6.04. The Hall–Kier alpha value is -4.39. The van der Waals surface area contributed by atoms with Gasteiger partial charge in [0.25, 0.3) is 11.8 Å². The van der Waals surface area contributed by atoms with E-state index in [0.717, 1.165) is 49.4 Å². The van der Waals surface area contributed by atoms with E-state index in [-0.39, 0.29) is 12.5 Å². The molecular weight excluding hydrogens is 510 g/mol. The average molecular weight is 542 g/mol.